The van der Waals surface area contributed by atoms with Crippen LogP contribution in [0.5, 0.6) is 0 Å². The first-order valence-corrected chi connectivity index (χ1v) is 12.1. The molecule has 4 rings (SSSR count). The molecule has 0 aromatic carbocycles. The molecular formula is C25H39NO7. The lowest BCUT2D eigenvalue weighted by Crippen LogP contribution is -2.86. The topological polar surface area (TPSA) is 117 Å². The zero-order valence-corrected chi connectivity index (χ0v) is 20.5. The van der Waals surface area contributed by atoms with Crippen molar-refractivity contribution in [3.63, 3.8) is 0 Å². The van der Waals surface area contributed by atoms with Gasteiger partial charge >= 0.3 is 6.09 Å². The first-order chi connectivity index (χ1) is 15.2. The van der Waals surface area contributed by atoms with Gasteiger partial charge in [0.2, 0.25) is 0 Å². The van der Waals surface area contributed by atoms with E-state index < -0.39 is 63.7 Å². The third-order valence-electron chi connectivity index (χ3n) is 9.33. The summed E-state index contributed by atoms with van der Waals surface area (Å²) in [6, 6.07) is 0. The van der Waals surface area contributed by atoms with Crippen molar-refractivity contribution in [1.82, 2.24) is 4.90 Å². The fourth-order valence-electron chi connectivity index (χ4n) is 7.57. The number of carbonyl (C=O) groups is 2. The maximum atomic E-state index is 13.8. The number of nitrogens with zero attached hydrogens (tertiary/aromatic N) is 1. The molecule has 8 atom stereocenters. The molecule has 3 N–H and O–H groups in total. The second kappa shape index (κ2) is 7.51. The second-order valence-corrected chi connectivity index (χ2v) is 11.8. The monoisotopic (exact) mass is 465 g/mol. The number of Topliss-reactive ketones (excluding diaryl/α,β-unsaturated/α-hetero) is 1. The van der Waals surface area contributed by atoms with Crippen LogP contribution in [0.3, 0.4) is 0 Å². The number of likely N-dealkylation sites (tertiary alicyclic amines) is 1. The van der Waals surface area contributed by atoms with E-state index in [0.717, 1.165) is 12.8 Å². The molecular weight excluding hydrogens is 426 g/mol. The highest BCUT2D eigenvalue weighted by atomic mass is 16.6. The Morgan fingerprint density at radius 1 is 1.18 bits per heavy atom. The Bertz CT molecular complexity index is 854. The lowest BCUT2D eigenvalue weighted by Gasteiger charge is -2.71. The summed E-state index contributed by atoms with van der Waals surface area (Å²) >= 11 is 0. The average molecular weight is 466 g/mol. The summed E-state index contributed by atoms with van der Waals surface area (Å²) in [6.45, 7) is 13.8. The SMILES string of the molecule is C=C[C@@]1(C)CC(=O)[C@]2(O)[C@@]3(C)[C@@H](OC(=O)N4CCCC4)CCC(C)(C)[C@@H]3[C@H](O)[C@H](O)[C@@]2(C)O1. The van der Waals surface area contributed by atoms with E-state index in [0.29, 0.717) is 25.9 Å². The number of aliphatic hydroxyl groups is 3. The average Bonchev–Trinajstić information content (AvgIpc) is 3.27. The van der Waals surface area contributed by atoms with Crippen molar-refractivity contribution in [2.75, 3.05) is 13.1 Å². The molecule has 0 unspecified atom stereocenters. The van der Waals surface area contributed by atoms with E-state index in [1.54, 1.807) is 18.7 Å². The van der Waals surface area contributed by atoms with Crippen LogP contribution in [0.25, 0.3) is 0 Å². The maximum Gasteiger partial charge on any atom is 0.410 e. The Morgan fingerprint density at radius 2 is 1.79 bits per heavy atom. The Hall–Kier alpha value is -1.48. The van der Waals surface area contributed by atoms with Crippen LogP contribution >= 0.6 is 0 Å². The van der Waals surface area contributed by atoms with E-state index in [1.165, 1.54) is 13.0 Å². The summed E-state index contributed by atoms with van der Waals surface area (Å²) < 4.78 is 12.3. The minimum atomic E-state index is -2.19. The van der Waals surface area contributed by atoms with E-state index in [-0.39, 0.29) is 6.42 Å². The third kappa shape index (κ3) is 3.10. The number of carbonyl (C=O) groups excluding carboxylic acids is 2. The Labute approximate surface area is 195 Å². The first kappa shape index (κ1) is 24.6. The molecule has 0 spiro atoms. The van der Waals surface area contributed by atoms with Gasteiger partial charge in [-0.25, -0.2) is 4.79 Å². The molecule has 186 valence electrons. The van der Waals surface area contributed by atoms with Crippen LogP contribution in [0.1, 0.15) is 66.7 Å². The van der Waals surface area contributed by atoms with Crippen LogP contribution in [-0.2, 0) is 14.3 Å². The zero-order valence-electron chi connectivity index (χ0n) is 20.5. The van der Waals surface area contributed by atoms with Gasteiger partial charge in [0.05, 0.1) is 11.7 Å². The van der Waals surface area contributed by atoms with Gasteiger partial charge in [0.1, 0.15) is 17.8 Å². The number of ketones is 1. The number of hydrogen-bond acceptors (Lipinski definition) is 7. The molecule has 2 saturated heterocycles. The minimum Gasteiger partial charge on any atom is -0.445 e. The van der Waals surface area contributed by atoms with Gasteiger partial charge in [-0.15, -0.1) is 6.58 Å². The molecule has 4 fully saturated rings. The summed E-state index contributed by atoms with van der Waals surface area (Å²) in [7, 11) is 0. The van der Waals surface area contributed by atoms with Gasteiger partial charge in [0.25, 0.3) is 0 Å². The molecule has 8 nitrogen and oxygen atoms in total. The number of rotatable bonds is 2. The van der Waals surface area contributed by atoms with Gasteiger partial charge < -0.3 is 29.7 Å². The molecule has 0 aromatic heterocycles. The van der Waals surface area contributed by atoms with Crippen LogP contribution in [0.4, 0.5) is 4.79 Å². The summed E-state index contributed by atoms with van der Waals surface area (Å²) in [5.74, 6) is -1.22. The summed E-state index contributed by atoms with van der Waals surface area (Å²) in [5, 5.41) is 35.2. The van der Waals surface area contributed by atoms with Crippen molar-refractivity contribution in [3.8, 4) is 0 Å². The smallest absolute Gasteiger partial charge is 0.410 e. The van der Waals surface area contributed by atoms with E-state index in [2.05, 4.69) is 6.58 Å². The quantitative estimate of drug-likeness (QED) is 0.535. The Balaban J connectivity index is 1.86. The number of fused-ring (bicyclic) bond motifs is 3. The van der Waals surface area contributed by atoms with Crippen molar-refractivity contribution in [2.24, 2.45) is 16.7 Å². The molecule has 4 aliphatic rings. The van der Waals surface area contributed by atoms with E-state index in [4.69, 9.17) is 9.47 Å². The molecule has 0 aromatic rings. The van der Waals surface area contributed by atoms with Gasteiger partial charge in [-0.1, -0.05) is 26.8 Å². The van der Waals surface area contributed by atoms with Crippen LogP contribution in [0.2, 0.25) is 0 Å². The fraction of sp³-hybridized carbons (Fsp3) is 0.840. The predicted molar refractivity (Wildman–Crippen MR) is 120 cm³/mol. The van der Waals surface area contributed by atoms with Crippen molar-refractivity contribution >= 4 is 11.9 Å². The number of hydrogen-bond donors (Lipinski definition) is 3. The zero-order chi connectivity index (χ0) is 24.6. The third-order valence-corrected chi connectivity index (χ3v) is 9.33. The van der Waals surface area contributed by atoms with Crippen LogP contribution < -0.4 is 0 Å². The van der Waals surface area contributed by atoms with Crippen molar-refractivity contribution in [2.45, 2.75) is 102 Å². The molecule has 2 aliphatic heterocycles. The molecule has 8 heteroatoms. The van der Waals surface area contributed by atoms with Crippen molar-refractivity contribution < 1.29 is 34.4 Å². The number of aliphatic hydroxyl groups excluding tert-OH is 2. The number of amides is 1. The normalized spacial score (nSPS) is 49.2. The summed E-state index contributed by atoms with van der Waals surface area (Å²) in [5.41, 5.74) is -7.08. The van der Waals surface area contributed by atoms with E-state index >= 15 is 0 Å². The molecule has 2 heterocycles. The van der Waals surface area contributed by atoms with Gasteiger partial charge in [-0.05, 0) is 44.9 Å². The Kier molecular flexibility index (Phi) is 5.61. The van der Waals surface area contributed by atoms with E-state index in [1.807, 2.05) is 13.8 Å². The number of ether oxygens (including phenoxy) is 2. The van der Waals surface area contributed by atoms with E-state index in [9.17, 15) is 24.9 Å². The molecule has 33 heavy (non-hydrogen) atoms. The standard InChI is InChI=1S/C25H39NO7/c1-7-22(4)14-15(27)25(31)23(5)16(32-20(30)26-12-8-9-13-26)10-11-21(2,3)18(23)17(28)19(29)24(25,6)33-22/h7,16-19,28-29,31H,1,8-14H2,2-6H3/t16-,17-,18-,19-,22-,23-,24+,25-/m0/s1. The van der Waals surface area contributed by atoms with Gasteiger partial charge in [0, 0.05) is 30.8 Å². The largest absolute Gasteiger partial charge is 0.445 e. The fourth-order valence-corrected chi connectivity index (χ4v) is 7.57. The highest BCUT2D eigenvalue weighted by Gasteiger charge is 2.81. The van der Waals surface area contributed by atoms with Crippen molar-refractivity contribution in [3.05, 3.63) is 12.7 Å². The molecule has 2 aliphatic carbocycles. The van der Waals surface area contributed by atoms with Crippen LogP contribution in [-0.4, -0.2) is 80.3 Å². The molecule has 2 saturated carbocycles. The van der Waals surface area contributed by atoms with Gasteiger partial charge in [-0.3, -0.25) is 4.79 Å². The van der Waals surface area contributed by atoms with Gasteiger partial charge in [-0.2, -0.15) is 0 Å². The summed E-state index contributed by atoms with van der Waals surface area (Å²) in [4.78, 5) is 28.5. The first-order valence-electron chi connectivity index (χ1n) is 12.1. The van der Waals surface area contributed by atoms with Crippen LogP contribution in [0.15, 0.2) is 12.7 Å². The highest BCUT2D eigenvalue weighted by Crippen LogP contribution is 2.67. The van der Waals surface area contributed by atoms with Crippen molar-refractivity contribution in [1.29, 1.82) is 0 Å². The summed E-state index contributed by atoms with van der Waals surface area (Å²) in [6.07, 6.45) is 0.0466. The molecule has 0 bridgehead atoms. The maximum absolute atomic E-state index is 13.8. The second-order valence-electron chi connectivity index (χ2n) is 11.8. The van der Waals surface area contributed by atoms with Crippen LogP contribution in [0, 0.1) is 16.7 Å². The lowest BCUT2D eigenvalue weighted by atomic mass is 9.40. The Morgan fingerprint density at radius 3 is 2.36 bits per heavy atom. The molecule has 0 radical (unpaired) electrons. The highest BCUT2D eigenvalue weighted by molar-refractivity contribution is 5.92. The lowest BCUT2D eigenvalue weighted by molar-refractivity contribution is -0.369. The predicted octanol–water partition coefficient (Wildman–Crippen LogP) is 2.19. The van der Waals surface area contributed by atoms with Gasteiger partial charge in [0.15, 0.2) is 11.4 Å². The molecule has 1 amide bonds. The minimum absolute atomic E-state index is 0.138.